The van der Waals surface area contributed by atoms with Crippen LogP contribution in [0.25, 0.3) is 0 Å². The number of nitrogens with zero attached hydrogens (tertiary/aromatic N) is 2. The molecule has 0 aliphatic carbocycles. The predicted octanol–water partition coefficient (Wildman–Crippen LogP) is 3.64. The van der Waals surface area contributed by atoms with Crippen molar-refractivity contribution in [1.82, 2.24) is 9.97 Å². The molecule has 0 fully saturated rings. The van der Waals surface area contributed by atoms with E-state index in [-0.39, 0.29) is 5.96 Å². The average Bonchev–Trinajstić information content (AvgIpc) is 2.63. The minimum Gasteiger partial charge on any atom is -0.457 e. The SMILES string of the molecule is N/C(=N\c1nc(C(F)(F)F)cc(=O)[nH]1)Nc1ccc(Oc2ccccc2)cc1. The third-order valence-corrected chi connectivity index (χ3v) is 3.35. The van der Waals surface area contributed by atoms with Gasteiger partial charge in [-0.25, -0.2) is 4.98 Å². The molecule has 0 aliphatic heterocycles. The van der Waals surface area contributed by atoms with E-state index in [1.165, 1.54) is 0 Å². The number of aliphatic imine (C=N–C) groups is 1. The molecule has 0 spiro atoms. The fourth-order valence-corrected chi connectivity index (χ4v) is 2.16. The summed E-state index contributed by atoms with van der Waals surface area (Å²) in [5, 5.41) is 2.69. The topological polar surface area (TPSA) is 105 Å². The average molecular weight is 389 g/mol. The number of aromatic nitrogens is 2. The fourth-order valence-electron chi connectivity index (χ4n) is 2.16. The van der Waals surface area contributed by atoms with E-state index in [0.717, 1.165) is 0 Å². The van der Waals surface area contributed by atoms with Gasteiger partial charge in [0.15, 0.2) is 5.69 Å². The van der Waals surface area contributed by atoms with E-state index in [1.54, 1.807) is 36.4 Å². The molecule has 0 amide bonds. The number of guanidine groups is 1. The van der Waals surface area contributed by atoms with Crippen molar-refractivity contribution in [2.75, 3.05) is 5.32 Å². The van der Waals surface area contributed by atoms with Crippen LogP contribution in [0.1, 0.15) is 5.69 Å². The van der Waals surface area contributed by atoms with Crippen molar-refractivity contribution in [2.24, 2.45) is 10.7 Å². The first-order valence-electron chi connectivity index (χ1n) is 7.92. The zero-order valence-electron chi connectivity index (χ0n) is 14.2. The molecule has 0 radical (unpaired) electrons. The normalized spacial score (nSPS) is 11.9. The number of ether oxygens (including phenoxy) is 1. The monoisotopic (exact) mass is 389 g/mol. The Balaban J connectivity index is 1.71. The number of benzene rings is 2. The fraction of sp³-hybridized carbons (Fsp3) is 0.0556. The van der Waals surface area contributed by atoms with Gasteiger partial charge in [0.25, 0.3) is 5.56 Å². The number of H-pyrrole nitrogens is 1. The lowest BCUT2D eigenvalue weighted by molar-refractivity contribution is -0.141. The minimum atomic E-state index is -4.77. The van der Waals surface area contributed by atoms with Crippen molar-refractivity contribution in [3.63, 3.8) is 0 Å². The van der Waals surface area contributed by atoms with Crippen LogP contribution in [0.3, 0.4) is 0 Å². The van der Waals surface area contributed by atoms with Crippen LogP contribution < -0.4 is 21.3 Å². The molecule has 4 N–H and O–H groups in total. The molecule has 0 atom stereocenters. The third kappa shape index (κ3) is 5.10. The van der Waals surface area contributed by atoms with Gasteiger partial charge in [-0.15, -0.1) is 0 Å². The molecule has 10 heteroatoms. The third-order valence-electron chi connectivity index (χ3n) is 3.35. The Morgan fingerprint density at radius 2 is 1.71 bits per heavy atom. The number of nitrogens with one attached hydrogen (secondary N) is 2. The molecular weight excluding hydrogens is 375 g/mol. The first-order chi connectivity index (χ1) is 13.3. The number of rotatable bonds is 4. The second-order valence-corrected chi connectivity index (χ2v) is 5.51. The molecule has 3 rings (SSSR count). The molecule has 0 saturated heterocycles. The standard InChI is InChI=1S/C18H14F3N5O2/c19-18(20,21)14-10-15(27)25-17(24-14)26-16(22)23-11-6-8-13(9-7-11)28-12-4-2-1-3-5-12/h1-10H,(H4,22,23,24,25,26,27). The number of halogens is 3. The van der Waals surface area contributed by atoms with Crippen LogP contribution in [-0.2, 0) is 6.18 Å². The first-order valence-corrected chi connectivity index (χ1v) is 7.92. The van der Waals surface area contributed by atoms with Gasteiger partial charge >= 0.3 is 6.18 Å². The summed E-state index contributed by atoms with van der Waals surface area (Å²) >= 11 is 0. The van der Waals surface area contributed by atoms with Crippen LogP contribution in [0.15, 0.2) is 70.5 Å². The van der Waals surface area contributed by atoms with E-state index < -0.39 is 23.4 Å². The van der Waals surface area contributed by atoms with E-state index in [9.17, 15) is 18.0 Å². The summed E-state index contributed by atoms with van der Waals surface area (Å²) in [5.74, 6) is 0.438. The lowest BCUT2D eigenvalue weighted by Crippen LogP contribution is -2.23. The van der Waals surface area contributed by atoms with E-state index >= 15 is 0 Å². The molecule has 0 bridgehead atoms. The highest BCUT2D eigenvalue weighted by Gasteiger charge is 2.33. The number of alkyl halides is 3. The maximum Gasteiger partial charge on any atom is 0.433 e. The van der Waals surface area contributed by atoms with Crippen LogP contribution >= 0.6 is 0 Å². The first kappa shape index (κ1) is 19.0. The Hall–Kier alpha value is -3.82. The van der Waals surface area contributed by atoms with Crippen LogP contribution in [0.5, 0.6) is 11.5 Å². The molecule has 1 aromatic heterocycles. The molecule has 144 valence electrons. The Bertz CT molecular complexity index is 1030. The summed E-state index contributed by atoms with van der Waals surface area (Å²) < 4.78 is 43.8. The van der Waals surface area contributed by atoms with Crippen LogP contribution in [0, 0.1) is 0 Å². The molecule has 0 unspecified atom stereocenters. The largest absolute Gasteiger partial charge is 0.457 e. The minimum absolute atomic E-state index is 0.251. The molecular formula is C18H14F3N5O2. The van der Waals surface area contributed by atoms with E-state index in [4.69, 9.17) is 10.5 Å². The summed E-state index contributed by atoms with van der Waals surface area (Å²) in [5.41, 5.74) is 3.84. The molecule has 3 aromatic rings. The Morgan fingerprint density at radius 1 is 1.07 bits per heavy atom. The van der Waals surface area contributed by atoms with Gasteiger partial charge in [-0.3, -0.25) is 9.78 Å². The zero-order valence-corrected chi connectivity index (χ0v) is 14.2. The Kier molecular flexibility index (Phi) is 5.30. The number of anilines is 1. The van der Waals surface area contributed by atoms with Crippen molar-refractivity contribution >= 4 is 17.6 Å². The van der Waals surface area contributed by atoms with Crippen LogP contribution in [-0.4, -0.2) is 15.9 Å². The van der Waals surface area contributed by atoms with Gasteiger partial charge in [-0.2, -0.15) is 18.2 Å². The summed E-state index contributed by atoms with van der Waals surface area (Å²) in [4.78, 5) is 20.3. The van der Waals surface area contributed by atoms with Crippen molar-refractivity contribution < 1.29 is 17.9 Å². The smallest absolute Gasteiger partial charge is 0.433 e. The highest BCUT2D eigenvalue weighted by Crippen LogP contribution is 2.27. The second kappa shape index (κ2) is 7.82. The van der Waals surface area contributed by atoms with E-state index in [0.29, 0.717) is 23.3 Å². The molecule has 1 heterocycles. The maximum atomic E-state index is 12.7. The lowest BCUT2D eigenvalue weighted by Gasteiger charge is -2.09. The molecule has 2 aromatic carbocycles. The van der Waals surface area contributed by atoms with E-state index in [1.807, 2.05) is 18.2 Å². The summed E-state index contributed by atoms with van der Waals surface area (Å²) in [7, 11) is 0. The number of hydrogen-bond donors (Lipinski definition) is 3. The van der Waals surface area contributed by atoms with Gasteiger partial charge in [0.1, 0.15) is 11.5 Å². The summed E-state index contributed by atoms with van der Waals surface area (Å²) in [6, 6.07) is 16.1. The van der Waals surface area contributed by atoms with Crippen molar-refractivity contribution in [3.05, 3.63) is 76.7 Å². The molecule has 28 heavy (non-hydrogen) atoms. The van der Waals surface area contributed by atoms with E-state index in [2.05, 4.69) is 20.3 Å². The van der Waals surface area contributed by atoms with Crippen LogP contribution in [0.4, 0.5) is 24.8 Å². The number of aromatic amines is 1. The predicted molar refractivity (Wildman–Crippen MR) is 97.7 cm³/mol. The highest BCUT2D eigenvalue weighted by molar-refractivity contribution is 5.93. The Morgan fingerprint density at radius 3 is 2.36 bits per heavy atom. The quantitative estimate of drug-likeness (QED) is 0.467. The van der Waals surface area contributed by atoms with Crippen molar-refractivity contribution in [1.29, 1.82) is 0 Å². The molecule has 0 aliphatic rings. The highest BCUT2D eigenvalue weighted by atomic mass is 19.4. The summed E-state index contributed by atoms with van der Waals surface area (Å²) in [6.45, 7) is 0. The number of para-hydroxylation sites is 1. The molecule has 7 nitrogen and oxygen atoms in total. The zero-order chi connectivity index (χ0) is 20.1. The van der Waals surface area contributed by atoms with Gasteiger partial charge in [0.05, 0.1) is 0 Å². The lowest BCUT2D eigenvalue weighted by atomic mass is 10.3. The van der Waals surface area contributed by atoms with Gasteiger partial charge in [0, 0.05) is 11.8 Å². The van der Waals surface area contributed by atoms with Gasteiger partial charge in [0.2, 0.25) is 11.9 Å². The number of nitrogens with two attached hydrogens (primary N) is 1. The Labute approximate surface area is 156 Å². The van der Waals surface area contributed by atoms with Crippen LogP contribution in [0.2, 0.25) is 0 Å². The van der Waals surface area contributed by atoms with Gasteiger partial charge in [-0.1, -0.05) is 18.2 Å². The van der Waals surface area contributed by atoms with Gasteiger partial charge < -0.3 is 15.8 Å². The van der Waals surface area contributed by atoms with Crippen molar-refractivity contribution in [3.8, 4) is 11.5 Å². The molecule has 0 saturated carbocycles. The maximum absolute atomic E-state index is 12.7. The van der Waals surface area contributed by atoms with Gasteiger partial charge in [-0.05, 0) is 36.4 Å². The second-order valence-electron chi connectivity index (χ2n) is 5.51. The summed E-state index contributed by atoms with van der Waals surface area (Å²) in [6.07, 6.45) is -4.77. The van der Waals surface area contributed by atoms with Crippen molar-refractivity contribution in [2.45, 2.75) is 6.18 Å². The number of hydrogen-bond acceptors (Lipinski definition) is 4.